The highest BCUT2D eigenvalue weighted by atomic mass is 16.6. The molecule has 0 bridgehead atoms. The SMILES string of the molecule is Cc1ccc(CNC(=O)c2cc([N+](=O)[O-])ccc2N2CCOCC2)cc1. The fourth-order valence-corrected chi connectivity index (χ4v) is 2.88. The maximum atomic E-state index is 12.7. The molecular formula is C19H21N3O4. The lowest BCUT2D eigenvalue weighted by Gasteiger charge is -2.30. The van der Waals surface area contributed by atoms with Crippen molar-refractivity contribution in [2.75, 3.05) is 31.2 Å². The molecule has 136 valence electrons. The number of nitrogens with one attached hydrogen (secondary N) is 1. The number of aryl methyl sites for hydroxylation is 1. The lowest BCUT2D eigenvalue weighted by molar-refractivity contribution is -0.384. The number of hydrogen-bond acceptors (Lipinski definition) is 5. The number of nitrogens with zero attached hydrogens (tertiary/aromatic N) is 2. The Morgan fingerprint density at radius 3 is 2.54 bits per heavy atom. The summed E-state index contributed by atoms with van der Waals surface area (Å²) in [5, 5.41) is 14.0. The molecular weight excluding hydrogens is 334 g/mol. The number of benzene rings is 2. The fourth-order valence-electron chi connectivity index (χ4n) is 2.88. The number of morpholine rings is 1. The van der Waals surface area contributed by atoms with Crippen LogP contribution in [0.5, 0.6) is 0 Å². The van der Waals surface area contributed by atoms with Crippen LogP contribution < -0.4 is 10.2 Å². The number of nitro groups is 1. The molecule has 0 aromatic heterocycles. The topological polar surface area (TPSA) is 84.7 Å². The predicted molar refractivity (Wildman–Crippen MR) is 98.5 cm³/mol. The van der Waals surface area contributed by atoms with E-state index in [2.05, 4.69) is 5.32 Å². The van der Waals surface area contributed by atoms with E-state index in [0.29, 0.717) is 44.1 Å². The summed E-state index contributed by atoms with van der Waals surface area (Å²) in [7, 11) is 0. The highest BCUT2D eigenvalue weighted by molar-refractivity contribution is 6.00. The quantitative estimate of drug-likeness (QED) is 0.658. The van der Waals surface area contributed by atoms with Crippen molar-refractivity contribution in [1.29, 1.82) is 0 Å². The van der Waals surface area contributed by atoms with E-state index in [-0.39, 0.29) is 11.6 Å². The molecule has 1 saturated heterocycles. The Kier molecular flexibility index (Phi) is 5.48. The number of carbonyl (C=O) groups is 1. The van der Waals surface area contributed by atoms with E-state index in [0.717, 1.165) is 11.1 Å². The second-order valence-corrected chi connectivity index (χ2v) is 6.23. The third-order valence-corrected chi connectivity index (χ3v) is 4.36. The number of nitro benzene ring substituents is 1. The minimum Gasteiger partial charge on any atom is -0.378 e. The van der Waals surface area contributed by atoms with Gasteiger partial charge in [0.15, 0.2) is 0 Å². The van der Waals surface area contributed by atoms with E-state index in [9.17, 15) is 14.9 Å². The Hall–Kier alpha value is -2.93. The van der Waals surface area contributed by atoms with E-state index in [1.807, 2.05) is 36.1 Å². The van der Waals surface area contributed by atoms with Crippen LogP contribution in [-0.4, -0.2) is 37.1 Å². The molecule has 7 nitrogen and oxygen atoms in total. The van der Waals surface area contributed by atoms with Gasteiger partial charge in [0.05, 0.1) is 29.4 Å². The molecule has 1 heterocycles. The Bertz CT molecular complexity index is 799. The number of non-ortho nitro benzene ring substituents is 1. The van der Waals surface area contributed by atoms with E-state index in [4.69, 9.17) is 4.74 Å². The van der Waals surface area contributed by atoms with E-state index in [1.54, 1.807) is 6.07 Å². The molecule has 3 rings (SSSR count). The van der Waals surface area contributed by atoms with E-state index >= 15 is 0 Å². The second-order valence-electron chi connectivity index (χ2n) is 6.23. The highest BCUT2D eigenvalue weighted by Gasteiger charge is 2.21. The zero-order valence-electron chi connectivity index (χ0n) is 14.6. The lowest BCUT2D eigenvalue weighted by Crippen LogP contribution is -2.38. The smallest absolute Gasteiger partial charge is 0.270 e. The Labute approximate surface area is 151 Å². The Morgan fingerprint density at radius 1 is 1.19 bits per heavy atom. The Morgan fingerprint density at radius 2 is 1.88 bits per heavy atom. The molecule has 7 heteroatoms. The minimum atomic E-state index is -0.486. The van der Waals surface area contributed by atoms with Crippen LogP contribution in [0.15, 0.2) is 42.5 Å². The lowest BCUT2D eigenvalue weighted by atomic mass is 10.1. The van der Waals surface area contributed by atoms with Crippen molar-refractivity contribution in [2.24, 2.45) is 0 Å². The van der Waals surface area contributed by atoms with Crippen LogP contribution >= 0.6 is 0 Å². The number of carbonyl (C=O) groups excluding carboxylic acids is 1. The standard InChI is InChI=1S/C19H21N3O4/c1-14-2-4-15(5-3-14)13-20-19(23)17-12-16(22(24)25)6-7-18(17)21-8-10-26-11-9-21/h2-7,12H,8-11,13H2,1H3,(H,20,23). The summed E-state index contributed by atoms with van der Waals surface area (Å²) in [6.45, 7) is 4.80. The molecule has 1 amide bonds. The zero-order chi connectivity index (χ0) is 18.5. The van der Waals surface area contributed by atoms with Crippen molar-refractivity contribution in [2.45, 2.75) is 13.5 Å². The van der Waals surface area contributed by atoms with Gasteiger partial charge in [0.1, 0.15) is 0 Å². The van der Waals surface area contributed by atoms with E-state index < -0.39 is 4.92 Å². The maximum Gasteiger partial charge on any atom is 0.270 e. The molecule has 2 aromatic rings. The van der Waals surface area contributed by atoms with Crippen molar-refractivity contribution in [3.8, 4) is 0 Å². The first-order valence-corrected chi connectivity index (χ1v) is 8.49. The molecule has 0 spiro atoms. The van der Waals surface area contributed by atoms with Crippen molar-refractivity contribution >= 4 is 17.3 Å². The van der Waals surface area contributed by atoms with E-state index in [1.165, 1.54) is 12.1 Å². The largest absolute Gasteiger partial charge is 0.378 e. The average Bonchev–Trinajstić information content (AvgIpc) is 2.67. The van der Waals surface area contributed by atoms with Crippen molar-refractivity contribution in [3.05, 3.63) is 69.3 Å². The minimum absolute atomic E-state index is 0.0949. The predicted octanol–water partition coefficient (Wildman–Crippen LogP) is 2.67. The highest BCUT2D eigenvalue weighted by Crippen LogP contribution is 2.26. The maximum absolute atomic E-state index is 12.7. The van der Waals surface area contributed by atoms with Gasteiger partial charge in [-0.15, -0.1) is 0 Å². The van der Waals surface area contributed by atoms with Crippen LogP contribution in [0.1, 0.15) is 21.5 Å². The monoisotopic (exact) mass is 355 g/mol. The van der Waals surface area contributed by atoms with Gasteiger partial charge in [-0.1, -0.05) is 29.8 Å². The van der Waals surface area contributed by atoms with Crippen molar-refractivity contribution < 1.29 is 14.5 Å². The van der Waals surface area contributed by atoms with Crippen LogP contribution in [0.2, 0.25) is 0 Å². The van der Waals surface area contributed by atoms with Gasteiger partial charge in [0.25, 0.3) is 11.6 Å². The molecule has 2 aromatic carbocycles. The van der Waals surface area contributed by atoms with Crippen molar-refractivity contribution in [1.82, 2.24) is 5.32 Å². The van der Waals surface area contributed by atoms with Crippen LogP contribution in [0.4, 0.5) is 11.4 Å². The molecule has 1 N–H and O–H groups in total. The van der Waals surface area contributed by atoms with Crippen molar-refractivity contribution in [3.63, 3.8) is 0 Å². The van der Waals surface area contributed by atoms with Crippen LogP contribution in [0.3, 0.4) is 0 Å². The number of ether oxygens (including phenoxy) is 1. The molecule has 1 aliphatic heterocycles. The third kappa shape index (κ3) is 4.18. The summed E-state index contributed by atoms with van der Waals surface area (Å²) in [5.74, 6) is -0.323. The fraction of sp³-hybridized carbons (Fsp3) is 0.316. The number of anilines is 1. The molecule has 26 heavy (non-hydrogen) atoms. The van der Waals surface area contributed by atoms with Gasteiger partial charge in [0, 0.05) is 31.8 Å². The van der Waals surface area contributed by atoms with Gasteiger partial charge in [-0.05, 0) is 18.6 Å². The molecule has 0 radical (unpaired) electrons. The first-order valence-electron chi connectivity index (χ1n) is 8.49. The first-order chi connectivity index (χ1) is 12.5. The summed E-state index contributed by atoms with van der Waals surface area (Å²) >= 11 is 0. The third-order valence-electron chi connectivity index (χ3n) is 4.36. The van der Waals surface area contributed by atoms with Gasteiger partial charge in [0.2, 0.25) is 0 Å². The summed E-state index contributed by atoms with van der Waals surface area (Å²) in [6.07, 6.45) is 0. The molecule has 0 unspecified atom stereocenters. The average molecular weight is 355 g/mol. The molecule has 0 saturated carbocycles. The van der Waals surface area contributed by atoms with Crippen LogP contribution in [0.25, 0.3) is 0 Å². The van der Waals surface area contributed by atoms with Gasteiger partial charge < -0.3 is 15.0 Å². The van der Waals surface area contributed by atoms with Gasteiger partial charge in [-0.2, -0.15) is 0 Å². The Balaban J connectivity index is 1.82. The van der Waals surface area contributed by atoms with Crippen LogP contribution in [0, 0.1) is 17.0 Å². The number of hydrogen-bond donors (Lipinski definition) is 1. The summed E-state index contributed by atoms with van der Waals surface area (Å²) in [6, 6.07) is 12.3. The number of rotatable bonds is 5. The first kappa shape index (κ1) is 17.9. The number of amides is 1. The summed E-state index contributed by atoms with van der Waals surface area (Å²) in [4.78, 5) is 25.4. The van der Waals surface area contributed by atoms with Gasteiger partial charge in [-0.3, -0.25) is 14.9 Å². The van der Waals surface area contributed by atoms with Crippen LogP contribution in [-0.2, 0) is 11.3 Å². The second kappa shape index (κ2) is 7.97. The van der Waals surface area contributed by atoms with Gasteiger partial charge in [-0.25, -0.2) is 0 Å². The normalized spacial score (nSPS) is 14.1. The summed E-state index contributed by atoms with van der Waals surface area (Å²) < 4.78 is 5.35. The molecule has 1 aliphatic rings. The molecule has 0 aliphatic carbocycles. The molecule has 0 atom stereocenters. The van der Waals surface area contributed by atoms with Gasteiger partial charge >= 0.3 is 0 Å². The molecule has 1 fully saturated rings. The summed E-state index contributed by atoms with van der Waals surface area (Å²) in [5.41, 5.74) is 3.03. The zero-order valence-corrected chi connectivity index (χ0v) is 14.6.